The number of hydrogen-bond donors (Lipinski definition) is 0. The Morgan fingerprint density at radius 2 is 1.88 bits per heavy atom. The van der Waals surface area contributed by atoms with Gasteiger partial charge in [0.25, 0.3) is 0 Å². The van der Waals surface area contributed by atoms with Crippen LogP contribution < -0.4 is 4.90 Å². The molecule has 0 bridgehead atoms. The Balaban J connectivity index is 1.90. The van der Waals surface area contributed by atoms with Gasteiger partial charge in [0.15, 0.2) is 5.78 Å². The highest BCUT2D eigenvalue weighted by Gasteiger charge is 2.40. The van der Waals surface area contributed by atoms with Gasteiger partial charge in [-0.05, 0) is 55.2 Å². The molecule has 1 aliphatic heterocycles. The van der Waals surface area contributed by atoms with Gasteiger partial charge in [-0.3, -0.25) is 19.5 Å². The van der Waals surface area contributed by atoms with Crippen molar-refractivity contribution in [1.82, 2.24) is 4.98 Å². The van der Waals surface area contributed by atoms with E-state index in [4.69, 9.17) is 11.6 Å². The van der Waals surface area contributed by atoms with Gasteiger partial charge >= 0.3 is 0 Å². The first-order chi connectivity index (χ1) is 12.6. The number of hydrogen-bond acceptors (Lipinski definition) is 3. The number of ketones is 1. The predicted molar refractivity (Wildman–Crippen MR) is 101 cm³/mol. The summed E-state index contributed by atoms with van der Waals surface area (Å²) in [5.74, 6) is -0.0417. The molecule has 1 atom stereocenters. The summed E-state index contributed by atoms with van der Waals surface area (Å²) < 4.78 is 0. The number of aromatic nitrogens is 1. The number of anilines is 1. The minimum atomic E-state index is -0.191. The molecule has 0 saturated carbocycles. The molecule has 0 spiro atoms. The molecule has 0 fully saturated rings. The molecule has 1 unspecified atom stereocenters. The van der Waals surface area contributed by atoms with Crippen LogP contribution in [0.1, 0.15) is 42.7 Å². The van der Waals surface area contributed by atoms with E-state index in [0.29, 0.717) is 11.4 Å². The molecule has 0 radical (unpaired) electrons. The Morgan fingerprint density at radius 1 is 1.12 bits per heavy atom. The van der Waals surface area contributed by atoms with E-state index in [1.807, 2.05) is 37.3 Å². The van der Waals surface area contributed by atoms with Crippen LogP contribution >= 0.6 is 11.6 Å². The van der Waals surface area contributed by atoms with Crippen LogP contribution in [-0.4, -0.2) is 16.7 Å². The third kappa shape index (κ3) is 2.74. The van der Waals surface area contributed by atoms with Crippen molar-refractivity contribution in [1.29, 1.82) is 0 Å². The lowest BCUT2D eigenvalue weighted by atomic mass is 9.77. The molecule has 1 aromatic carbocycles. The summed E-state index contributed by atoms with van der Waals surface area (Å²) in [4.78, 5) is 31.7. The first kappa shape index (κ1) is 17.0. The van der Waals surface area contributed by atoms with Gasteiger partial charge in [0.1, 0.15) is 0 Å². The number of amides is 1. The highest BCUT2D eigenvalue weighted by molar-refractivity contribution is 6.31. The summed E-state index contributed by atoms with van der Waals surface area (Å²) in [6, 6.07) is 9.35. The Hall–Kier alpha value is -2.46. The second kappa shape index (κ2) is 6.69. The van der Waals surface area contributed by atoms with E-state index >= 15 is 0 Å². The molecule has 26 heavy (non-hydrogen) atoms. The van der Waals surface area contributed by atoms with Crippen molar-refractivity contribution in [3.63, 3.8) is 0 Å². The molecule has 4 rings (SSSR count). The van der Waals surface area contributed by atoms with Crippen LogP contribution in [0.5, 0.6) is 0 Å². The monoisotopic (exact) mass is 366 g/mol. The number of Topliss-reactive ketones (excluding diaryl/α,β-unsaturated/α-hetero) is 1. The number of nitrogens with zero attached hydrogens (tertiary/aromatic N) is 2. The fourth-order valence-corrected chi connectivity index (χ4v) is 4.16. The minimum Gasteiger partial charge on any atom is -0.294 e. The predicted octanol–water partition coefficient (Wildman–Crippen LogP) is 4.57. The van der Waals surface area contributed by atoms with Gasteiger partial charge in [0, 0.05) is 47.4 Å². The smallest absolute Gasteiger partial charge is 0.232 e. The molecule has 2 aromatic rings. The van der Waals surface area contributed by atoms with Crippen molar-refractivity contribution in [2.24, 2.45) is 0 Å². The molecule has 2 heterocycles. The average Bonchev–Trinajstić information content (AvgIpc) is 2.65. The summed E-state index contributed by atoms with van der Waals surface area (Å²) >= 11 is 6.28. The molecule has 5 heteroatoms. The van der Waals surface area contributed by atoms with Crippen molar-refractivity contribution >= 4 is 29.0 Å². The van der Waals surface area contributed by atoms with Crippen LogP contribution in [0.3, 0.4) is 0 Å². The molecular weight excluding hydrogens is 348 g/mol. The maximum Gasteiger partial charge on any atom is 0.232 e. The number of allylic oxidation sites excluding steroid dienone is 2. The second-order valence-corrected chi connectivity index (χ2v) is 7.19. The molecule has 0 saturated heterocycles. The van der Waals surface area contributed by atoms with Crippen molar-refractivity contribution in [3.8, 4) is 0 Å². The highest BCUT2D eigenvalue weighted by atomic mass is 35.5. The zero-order valence-electron chi connectivity index (χ0n) is 14.5. The van der Waals surface area contributed by atoms with Gasteiger partial charge in [0.2, 0.25) is 5.91 Å². The van der Waals surface area contributed by atoms with Gasteiger partial charge in [0.05, 0.1) is 5.69 Å². The van der Waals surface area contributed by atoms with E-state index in [1.54, 1.807) is 17.3 Å². The third-order valence-electron chi connectivity index (χ3n) is 5.26. The zero-order chi connectivity index (χ0) is 18.3. The van der Waals surface area contributed by atoms with Crippen molar-refractivity contribution in [2.75, 3.05) is 4.90 Å². The lowest BCUT2D eigenvalue weighted by Gasteiger charge is -2.39. The van der Waals surface area contributed by atoms with Crippen LogP contribution in [-0.2, 0) is 9.59 Å². The van der Waals surface area contributed by atoms with Crippen LogP contribution in [0.25, 0.3) is 0 Å². The lowest BCUT2D eigenvalue weighted by molar-refractivity contribution is -0.119. The maximum absolute atomic E-state index is 13.1. The van der Waals surface area contributed by atoms with Gasteiger partial charge in [-0.2, -0.15) is 0 Å². The van der Waals surface area contributed by atoms with E-state index in [2.05, 4.69) is 4.98 Å². The molecule has 132 valence electrons. The number of rotatable bonds is 2. The topological polar surface area (TPSA) is 50.3 Å². The molecule has 1 aromatic heterocycles. The molecule has 0 N–H and O–H groups in total. The maximum atomic E-state index is 13.1. The molecule has 1 aliphatic carbocycles. The SMILES string of the molecule is Cc1c(Cl)cccc1N1C(=O)CC(c2ccncc2)C2=C1CCCC2=O. The van der Waals surface area contributed by atoms with Crippen LogP contribution in [0, 0.1) is 6.92 Å². The van der Waals surface area contributed by atoms with E-state index in [0.717, 1.165) is 40.9 Å². The molecule has 1 amide bonds. The van der Waals surface area contributed by atoms with E-state index in [-0.39, 0.29) is 24.0 Å². The number of halogens is 1. The third-order valence-corrected chi connectivity index (χ3v) is 5.67. The summed E-state index contributed by atoms with van der Waals surface area (Å²) in [6.07, 6.45) is 5.73. The number of pyridine rings is 1. The van der Waals surface area contributed by atoms with E-state index < -0.39 is 0 Å². The van der Waals surface area contributed by atoms with Crippen LogP contribution in [0.4, 0.5) is 5.69 Å². The minimum absolute atomic E-state index is 0.00521. The Bertz CT molecular complexity index is 921. The fraction of sp³-hybridized carbons (Fsp3) is 0.286. The number of carbonyl (C=O) groups excluding carboxylic acids is 2. The first-order valence-corrected chi connectivity index (χ1v) is 9.20. The van der Waals surface area contributed by atoms with Crippen LogP contribution in [0.2, 0.25) is 5.02 Å². The number of carbonyl (C=O) groups is 2. The number of benzene rings is 1. The van der Waals surface area contributed by atoms with Crippen molar-refractivity contribution in [3.05, 3.63) is 70.1 Å². The van der Waals surface area contributed by atoms with Gasteiger partial charge in [-0.15, -0.1) is 0 Å². The molecule has 4 nitrogen and oxygen atoms in total. The van der Waals surface area contributed by atoms with Crippen LogP contribution in [0.15, 0.2) is 54.0 Å². The fourth-order valence-electron chi connectivity index (χ4n) is 3.99. The Morgan fingerprint density at radius 3 is 2.65 bits per heavy atom. The van der Waals surface area contributed by atoms with E-state index in [1.165, 1.54) is 0 Å². The quantitative estimate of drug-likeness (QED) is 0.782. The zero-order valence-corrected chi connectivity index (χ0v) is 15.3. The average molecular weight is 367 g/mol. The van der Waals surface area contributed by atoms with Crippen molar-refractivity contribution in [2.45, 2.75) is 38.5 Å². The molecule has 2 aliphatic rings. The molecular formula is C21H19ClN2O2. The summed E-state index contributed by atoms with van der Waals surface area (Å²) in [5, 5.41) is 0.621. The van der Waals surface area contributed by atoms with Gasteiger partial charge in [-0.1, -0.05) is 17.7 Å². The summed E-state index contributed by atoms with van der Waals surface area (Å²) in [7, 11) is 0. The normalized spacial score (nSPS) is 20.4. The first-order valence-electron chi connectivity index (χ1n) is 8.82. The lowest BCUT2D eigenvalue weighted by Crippen LogP contribution is -2.40. The standard InChI is InChI=1S/C21H19ClN2O2/c1-13-16(22)4-2-5-17(13)24-18-6-3-7-19(25)21(18)15(12-20(24)26)14-8-10-23-11-9-14/h2,4-5,8-11,15H,3,6-7,12H2,1H3. The highest BCUT2D eigenvalue weighted by Crippen LogP contribution is 2.44. The summed E-state index contributed by atoms with van der Waals surface area (Å²) in [6.45, 7) is 1.91. The summed E-state index contributed by atoms with van der Waals surface area (Å²) in [5.41, 5.74) is 4.22. The van der Waals surface area contributed by atoms with Gasteiger partial charge < -0.3 is 0 Å². The second-order valence-electron chi connectivity index (χ2n) is 6.79. The Kier molecular flexibility index (Phi) is 4.37. The Labute approximate surface area is 157 Å². The largest absolute Gasteiger partial charge is 0.294 e. The van der Waals surface area contributed by atoms with Gasteiger partial charge in [-0.25, -0.2) is 0 Å². The van der Waals surface area contributed by atoms with Crippen molar-refractivity contribution < 1.29 is 9.59 Å². The van der Waals surface area contributed by atoms with E-state index in [9.17, 15) is 9.59 Å².